The van der Waals surface area contributed by atoms with Crippen molar-refractivity contribution >= 4 is 34.8 Å². The van der Waals surface area contributed by atoms with Gasteiger partial charge in [-0.3, -0.25) is 0 Å². The molecule has 6 heteroatoms. The Kier molecular flexibility index (Phi) is 8.88. The zero-order valence-electron chi connectivity index (χ0n) is 16.2. The Labute approximate surface area is 187 Å². The van der Waals surface area contributed by atoms with Crippen molar-refractivity contribution in [2.45, 2.75) is 51.4 Å². The molecule has 3 aromatic rings. The first kappa shape index (κ1) is 22.2. The standard InChI is InChI=1S/C23H25Cl3N2O/c24-20-8-5-18(6-9-20)14-22(4-2-1-3-12-28-13-11-27-17-28)29-16-19-7-10-21(25)15-23(19)26/h5-11,13,15,17,22H,1-4,12,14,16H2. The van der Waals surface area contributed by atoms with Crippen molar-refractivity contribution in [2.24, 2.45) is 0 Å². The van der Waals surface area contributed by atoms with E-state index >= 15 is 0 Å². The molecule has 154 valence electrons. The second kappa shape index (κ2) is 11.6. The number of aromatic nitrogens is 2. The number of nitrogens with zero attached hydrogens (tertiary/aromatic N) is 2. The number of hydrogen-bond donors (Lipinski definition) is 0. The maximum Gasteiger partial charge on any atom is 0.0945 e. The minimum absolute atomic E-state index is 0.121. The largest absolute Gasteiger partial charge is 0.373 e. The van der Waals surface area contributed by atoms with Crippen LogP contribution in [0.15, 0.2) is 61.2 Å². The van der Waals surface area contributed by atoms with E-state index in [2.05, 4.69) is 21.7 Å². The number of hydrogen-bond acceptors (Lipinski definition) is 2. The molecule has 0 saturated heterocycles. The Morgan fingerprint density at radius 2 is 1.72 bits per heavy atom. The summed E-state index contributed by atoms with van der Waals surface area (Å²) in [5.41, 5.74) is 2.18. The molecular weight excluding hydrogens is 427 g/mol. The molecule has 29 heavy (non-hydrogen) atoms. The molecule has 2 aromatic carbocycles. The van der Waals surface area contributed by atoms with Gasteiger partial charge in [-0.2, -0.15) is 0 Å². The van der Waals surface area contributed by atoms with E-state index in [4.69, 9.17) is 39.5 Å². The fourth-order valence-corrected chi connectivity index (χ4v) is 3.83. The predicted octanol–water partition coefficient (Wildman–Crippen LogP) is 7.23. The molecule has 0 aliphatic heterocycles. The molecule has 0 aliphatic carbocycles. The first-order valence-electron chi connectivity index (χ1n) is 9.86. The fraction of sp³-hybridized carbons (Fsp3) is 0.348. The molecule has 1 heterocycles. The summed E-state index contributed by atoms with van der Waals surface area (Å²) in [6, 6.07) is 13.5. The Balaban J connectivity index is 1.52. The molecule has 0 aliphatic rings. The SMILES string of the molecule is Clc1ccc(CC(CCCCCn2ccnc2)OCc2ccc(Cl)cc2Cl)cc1. The summed E-state index contributed by atoms with van der Waals surface area (Å²) in [5.74, 6) is 0. The van der Waals surface area contributed by atoms with E-state index < -0.39 is 0 Å². The van der Waals surface area contributed by atoms with Gasteiger partial charge in [-0.1, -0.05) is 65.8 Å². The minimum atomic E-state index is 0.121. The molecular formula is C23H25Cl3N2O. The molecule has 0 N–H and O–H groups in total. The van der Waals surface area contributed by atoms with Crippen molar-refractivity contribution in [1.29, 1.82) is 0 Å². The third-order valence-electron chi connectivity index (χ3n) is 4.87. The van der Waals surface area contributed by atoms with Crippen molar-refractivity contribution in [1.82, 2.24) is 9.55 Å². The fourth-order valence-electron chi connectivity index (χ4n) is 3.24. The van der Waals surface area contributed by atoms with Gasteiger partial charge in [-0.05, 0) is 54.7 Å². The molecule has 0 fully saturated rings. The number of aryl methyl sites for hydroxylation is 1. The monoisotopic (exact) mass is 450 g/mol. The van der Waals surface area contributed by atoms with E-state index in [1.54, 1.807) is 6.07 Å². The summed E-state index contributed by atoms with van der Waals surface area (Å²) in [5, 5.41) is 2.02. The van der Waals surface area contributed by atoms with Gasteiger partial charge < -0.3 is 9.30 Å². The van der Waals surface area contributed by atoms with Gasteiger partial charge in [0.1, 0.15) is 0 Å². The Morgan fingerprint density at radius 3 is 2.45 bits per heavy atom. The molecule has 3 nitrogen and oxygen atoms in total. The van der Waals surface area contributed by atoms with Crippen LogP contribution in [-0.2, 0) is 24.3 Å². The van der Waals surface area contributed by atoms with Gasteiger partial charge in [-0.15, -0.1) is 0 Å². The van der Waals surface area contributed by atoms with Crippen LogP contribution in [0.1, 0.15) is 36.8 Å². The van der Waals surface area contributed by atoms with Gasteiger partial charge in [0.25, 0.3) is 0 Å². The highest BCUT2D eigenvalue weighted by Crippen LogP contribution is 2.23. The number of rotatable bonds is 11. The lowest BCUT2D eigenvalue weighted by Gasteiger charge is -2.19. The van der Waals surface area contributed by atoms with Gasteiger partial charge >= 0.3 is 0 Å². The first-order valence-corrected chi connectivity index (χ1v) is 11.0. The minimum Gasteiger partial charge on any atom is -0.373 e. The topological polar surface area (TPSA) is 27.1 Å². The molecule has 1 atom stereocenters. The molecule has 0 saturated carbocycles. The number of benzene rings is 2. The van der Waals surface area contributed by atoms with Crippen LogP contribution in [0.2, 0.25) is 15.1 Å². The van der Waals surface area contributed by atoms with Crippen LogP contribution >= 0.6 is 34.8 Å². The second-order valence-electron chi connectivity index (χ2n) is 7.15. The van der Waals surface area contributed by atoms with Crippen LogP contribution in [0.25, 0.3) is 0 Å². The smallest absolute Gasteiger partial charge is 0.0945 e. The molecule has 0 spiro atoms. The van der Waals surface area contributed by atoms with Crippen molar-refractivity contribution in [2.75, 3.05) is 0 Å². The third-order valence-corrected chi connectivity index (χ3v) is 5.71. The highest BCUT2D eigenvalue weighted by atomic mass is 35.5. The maximum atomic E-state index is 6.30. The third kappa shape index (κ3) is 7.67. The average Bonchev–Trinajstić information content (AvgIpc) is 3.22. The van der Waals surface area contributed by atoms with Crippen LogP contribution in [-0.4, -0.2) is 15.7 Å². The van der Waals surface area contributed by atoms with Gasteiger partial charge in [0.2, 0.25) is 0 Å². The summed E-state index contributed by atoms with van der Waals surface area (Å²) in [6.45, 7) is 1.48. The summed E-state index contributed by atoms with van der Waals surface area (Å²) in [7, 11) is 0. The van der Waals surface area contributed by atoms with Crippen molar-refractivity contribution in [3.63, 3.8) is 0 Å². The highest BCUT2D eigenvalue weighted by Gasteiger charge is 2.12. The van der Waals surface area contributed by atoms with E-state index in [1.165, 1.54) is 5.56 Å². The molecule has 1 unspecified atom stereocenters. The van der Waals surface area contributed by atoms with Crippen molar-refractivity contribution in [3.05, 3.63) is 87.4 Å². The summed E-state index contributed by atoms with van der Waals surface area (Å²) in [4.78, 5) is 4.08. The number of halogens is 3. The molecule has 0 amide bonds. The second-order valence-corrected chi connectivity index (χ2v) is 8.43. The normalized spacial score (nSPS) is 12.2. The summed E-state index contributed by atoms with van der Waals surface area (Å²) in [6.07, 6.45) is 11.1. The van der Waals surface area contributed by atoms with Crippen molar-refractivity contribution < 1.29 is 4.74 Å². The molecule has 0 bridgehead atoms. The predicted molar refractivity (Wildman–Crippen MR) is 121 cm³/mol. The average molecular weight is 452 g/mol. The van der Waals surface area contributed by atoms with Gasteiger partial charge in [0, 0.05) is 34.0 Å². The summed E-state index contributed by atoms with van der Waals surface area (Å²) >= 11 is 18.3. The van der Waals surface area contributed by atoms with E-state index in [0.717, 1.165) is 49.2 Å². The van der Waals surface area contributed by atoms with Crippen LogP contribution in [0.5, 0.6) is 0 Å². The molecule has 3 rings (SSSR count). The zero-order valence-corrected chi connectivity index (χ0v) is 18.5. The van der Waals surface area contributed by atoms with Crippen LogP contribution in [0, 0.1) is 0 Å². The first-order chi connectivity index (χ1) is 14.1. The number of imidazole rings is 1. The van der Waals surface area contributed by atoms with Gasteiger partial charge in [-0.25, -0.2) is 4.98 Å². The van der Waals surface area contributed by atoms with E-state index in [-0.39, 0.29) is 6.10 Å². The summed E-state index contributed by atoms with van der Waals surface area (Å²) < 4.78 is 8.38. The Morgan fingerprint density at radius 1 is 0.931 bits per heavy atom. The molecule has 0 radical (unpaired) electrons. The van der Waals surface area contributed by atoms with E-state index in [1.807, 2.05) is 43.0 Å². The van der Waals surface area contributed by atoms with E-state index in [0.29, 0.717) is 16.7 Å². The number of ether oxygens (including phenoxy) is 1. The van der Waals surface area contributed by atoms with Crippen LogP contribution in [0.3, 0.4) is 0 Å². The quantitative estimate of drug-likeness (QED) is 0.287. The highest BCUT2D eigenvalue weighted by molar-refractivity contribution is 6.35. The number of unbranched alkanes of at least 4 members (excludes halogenated alkanes) is 2. The van der Waals surface area contributed by atoms with Crippen LogP contribution in [0.4, 0.5) is 0 Å². The van der Waals surface area contributed by atoms with E-state index in [9.17, 15) is 0 Å². The zero-order chi connectivity index (χ0) is 20.5. The van der Waals surface area contributed by atoms with Crippen LogP contribution < -0.4 is 0 Å². The van der Waals surface area contributed by atoms with Gasteiger partial charge in [0.05, 0.1) is 19.0 Å². The molecule has 1 aromatic heterocycles. The lowest BCUT2D eigenvalue weighted by atomic mass is 10.0. The lowest BCUT2D eigenvalue weighted by molar-refractivity contribution is 0.0336. The van der Waals surface area contributed by atoms with Crippen molar-refractivity contribution in [3.8, 4) is 0 Å². The lowest BCUT2D eigenvalue weighted by Crippen LogP contribution is -2.16. The van der Waals surface area contributed by atoms with Gasteiger partial charge in [0.15, 0.2) is 0 Å². The Hall–Kier alpha value is -1.52. The Bertz CT molecular complexity index is 866. The maximum absolute atomic E-state index is 6.30.